The topological polar surface area (TPSA) is 39.7 Å². The minimum absolute atomic E-state index is 0.394. The second kappa shape index (κ2) is 7.24. The monoisotopic (exact) mass is 251 g/mol. The van der Waals surface area contributed by atoms with Crippen molar-refractivity contribution >= 4 is 0 Å². The Hall–Kier alpha value is -1.26. The van der Waals surface area contributed by atoms with E-state index in [1.165, 1.54) is 25.7 Å². The SMILES string of the molecule is COc1ccc(OCCNOC2CCCC2)cc1. The summed E-state index contributed by atoms with van der Waals surface area (Å²) in [5.41, 5.74) is 2.97. The first-order valence-electron chi connectivity index (χ1n) is 6.54. The van der Waals surface area contributed by atoms with Gasteiger partial charge in [0.15, 0.2) is 0 Å². The Bertz CT molecular complexity index is 333. The van der Waals surface area contributed by atoms with Crippen molar-refractivity contribution in [1.82, 2.24) is 5.48 Å². The molecule has 100 valence electrons. The van der Waals surface area contributed by atoms with Crippen molar-refractivity contribution in [3.05, 3.63) is 24.3 Å². The van der Waals surface area contributed by atoms with Crippen LogP contribution in [0.4, 0.5) is 0 Å². The van der Waals surface area contributed by atoms with E-state index in [9.17, 15) is 0 Å². The van der Waals surface area contributed by atoms with Gasteiger partial charge in [-0.15, -0.1) is 0 Å². The third kappa shape index (κ3) is 4.20. The highest BCUT2D eigenvalue weighted by Crippen LogP contribution is 2.20. The predicted molar refractivity (Wildman–Crippen MR) is 69.8 cm³/mol. The number of ether oxygens (including phenoxy) is 2. The van der Waals surface area contributed by atoms with E-state index in [0.29, 0.717) is 19.3 Å². The predicted octanol–water partition coefficient (Wildman–Crippen LogP) is 2.54. The lowest BCUT2D eigenvalue weighted by molar-refractivity contribution is -0.0246. The zero-order valence-electron chi connectivity index (χ0n) is 10.9. The van der Waals surface area contributed by atoms with Crippen molar-refractivity contribution < 1.29 is 14.3 Å². The van der Waals surface area contributed by atoms with Gasteiger partial charge in [-0.05, 0) is 37.1 Å². The highest BCUT2D eigenvalue weighted by Gasteiger charge is 2.14. The molecule has 0 unspecified atom stereocenters. The molecule has 4 heteroatoms. The van der Waals surface area contributed by atoms with Gasteiger partial charge in [0.1, 0.15) is 18.1 Å². The van der Waals surface area contributed by atoms with Crippen molar-refractivity contribution in [2.75, 3.05) is 20.3 Å². The average Bonchev–Trinajstić information content (AvgIpc) is 2.92. The molecule has 0 aliphatic heterocycles. The van der Waals surface area contributed by atoms with Gasteiger partial charge in [-0.25, -0.2) is 0 Å². The van der Waals surface area contributed by atoms with E-state index in [0.717, 1.165) is 11.5 Å². The van der Waals surface area contributed by atoms with Gasteiger partial charge in [0.25, 0.3) is 0 Å². The molecule has 0 atom stereocenters. The van der Waals surface area contributed by atoms with Crippen LogP contribution in [0.3, 0.4) is 0 Å². The third-order valence-electron chi connectivity index (χ3n) is 3.08. The molecular formula is C14H21NO3. The smallest absolute Gasteiger partial charge is 0.119 e. The maximum absolute atomic E-state index is 5.57. The minimum Gasteiger partial charge on any atom is -0.497 e. The Morgan fingerprint density at radius 3 is 2.44 bits per heavy atom. The lowest BCUT2D eigenvalue weighted by Crippen LogP contribution is -2.26. The minimum atomic E-state index is 0.394. The van der Waals surface area contributed by atoms with Crippen LogP contribution in [0.15, 0.2) is 24.3 Å². The molecule has 1 fully saturated rings. The molecule has 1 N–H and O–H groups in total. The number of hydrogen-bond acceptors (Lipinski definition) is 4. The number of rotatable bonds is 7. The zero-order chi connectivity index (χ0) is 12.6. The molecule has 18 heavy (non-hydrogen) atoms. The number of benzene rings is 1. The maximum Gasteiger partial charge on any atom is 0.119 e. The lowest BCUT2D eigenvalue weighted by atomic mass is 10.3. The van der Waals surface area contributed by atoms with E-state index in [2.05, 4.69) is 5.48 Å². The second-order valence-corrected chi connectivity index (χ2v) is 4.44. The first-order chi connectivity index (χ1) is 8.88. The van der Waals surface area contributed by atoms with Crippen LogP contribution in [0.25, 0.3) is 0 Å². The normalized spacial score (nSPS) is 15.8. The highest BCUT2D eigenvalue weighted by atomic mass is 16.7. The van der Waals surface area contributed by atoms with Gasteiger partial charge in [0.2, 0.25) is 0 Å². The third-order valence-corrected chi connectivity index (χ3v) is 3.08. The van der Waals surface area contributed by atoms with E-state index < -0.39 is 0 Å². The van der Waals surface area contributed by atoms with Crippen molar-refractivity contribution in [2.45, 2.75) is 31.8 Å². The van der Waals surface area contributed by atoms with Gasteiger partial charge in [-0.3, -0.25) is 4.84 Å². The van der Waals surface area contributed by atoms with Crippen LogP contribution in [0.2, 0.25) is 0 Å². The molecule has 1 aliphatic rings. The highest BCUT2D eigenvalue weighted by molar-refractivity contribution is 5.31. The van der Waals surface area contributed by atoms with Crippen LogP contribution in [-0.4, -0.2) is 26.4 Å². The summed E-state index contributed by atoms with van der Waals surface area (Å²) in [6.07, 6.45) is 5.31. The Morgan fingerprint density at radius 1 is 1.11 bits per heavy atom. The number of hydroxylamine groups is 1. The summed E-state index contributed by atoms with van der Waals surface area (Å²) in [5, 5.41) is 0. The van der Waals surface area contributed by atoms with Gasteiger partial charge in [0.05, 0.1) is 19.8 Å². The molecule has 0 spiro atoms. The molecule has 0 aromatic heterocycles. The molecule has 0 heterocycles. The first kappa shape index (κ1) is 13.2. The second-order valence-electron chi connectivity index (χ2n) is 4.44. The van der Waals surface area contributed by atoms with E-state index in [4.69, 9.17) is 14.3 Å². The van der Waals surface area contributed by atoms with Crippen molar-refractivity contribution in [2.24, 2.45) is 0 Å². The summed E-state index contributed by atoms with van der Waals surface area (Å²) in [4.78, 5) is 5.53. The number of methoxy groups -OCH3 is 1. The fourth-order valence-electron chi connectivity index (χ4n) is 2.07. The summed E-state index contributed by atoms with van der Waals surface area (Å²) in [6.45, 7) is 1.29. The lowest BCUT2D eigenvalue weighted by Gasteiger charge is -2.12. The molecule has 2 rings (SSSR count). The quantitative estimate of drug-likeness (QED) is 0.597. The molecule has 4 nitrogen and oxygen atoms in total. The van der Waals surface area contributed by atoms with Crippen LogP contribution >= 0.6 is 0 Å². The summed E-state index contributed by atoms with van der Waals surface area (Å²) < 4.78 is 10.7. The molecule has 1 saturated carbocycles. The van der Waals surface area contributed by atoms with Crippen LogP contribution in [0, 0.1) is 0 Å². The summed E-state index contributed by atoms with van der Waals surface area (Å²) in [5.74, 6) is 1.68. The van der Waals surface area contributed by atoms with E-state index in [1.54, 1.807) is 7.11 Å². The summed E-state index contributed by atoms with van der Waals surface area (Å²) in [6, 6.07) is 7.57. The molecule has 0 bridgehead atoms. The van der Waals surface area contributed by atoms with Gasteiger partial charge in [0, 0.05) is 0 Å². The molecule has 0 amide bonds. The van der Waals surface area contributed by atoms with Gasteiger partial charge in [-0.1, -0.05) is 12.8 Å². The number of hydrogen-bond donors (Lipinski definition) is 1. The summed E-state index contributed by atoms with van der Waals surface area (Å²) >= 11 is 0. The number of nitrogens with one attached hydrogen (secondary N) is 1. The Morgan fingerprint density at radius 2 is 1.78 bits per heavy atom. The summed E-state index contributed by atoms with van der Waals surface area (Å²) in [7, 11) is 1.65. The first-order valence-corrected chi connectivity index (χ1v) is 6.54. The van der Waals surface area contributed by atoms with E-state index >= 15 is 0 Å². The van der Waals surface area contributed by atoms with Crippen LogP contribution in [0.5, 0.6) is 11.5 Å². The van der Waals surface area contributed by atoms with Gasteiger partial charge in [-0.2, -0.15) is 5.48 Å². The fraction of sp³-hybridized carbons (Fsp3) is 0.571. The average molecular weight is 251 g/mol. The van der Waals surface area contributed by atoms with Crippen molar-refractivity contribution in [1.29, 1.82) is 0 Å². The fourth-order valence-corrected chi connectivity index (χ4v) is 2.07. The maximum atomic E-state index is 5.57. The molecule has 0 saturated heterocycles. The van der Waals surface area contributed by atoms with E-state index in [1.807, 2.05) is 24.3 Å². The largest absolute Gasteiger partial charge is 0.497 e. The van der Waals surface area contributed by atoms with Crippen molar-refractivity contribution in [3.63, 3.8) is 0 Å². The zero-order valence-corrected chi connectivity index (χ0v) is 10.9. The van der Waals surface area contributed by atoms with E-state index in [-0.39, 0.29) is 0 Å². The van der Waals surface area contributed by atoms with Crippen LogP contribution in [0.1, 0.15) is 25.7 Å². The standard InChI is InChI=1S/C14H21NO3/c1-16-12-6-8-13(9-7-12)17-11-10-15-18-14-4-2-3-5-14/h6-9,14-15H,2-5,10-11H2,1H3. The van der Waals surface area contributed by atoms with Gasteiger partial charge < -0.3 is 9.47 Å². The molecule has 0 radical (unpaired) electrons. The Labute approximate surface area is 108 Å². The van der Waals surface area contributed by atoms with Crippen LogP contribution in [-0.2, 0) is 4.84 Å². The Kier molecular flexibility index (Phi) is 5.30. The Balaban J connectivity index is 1.56. The van der Waals surface area contributed by atoms with Crippen molar-refractivity contribution in [3.8, 4) is 11.5 Å². The van der Waals surface area contributed by atoms with Crippen LogP contribution < -0.4 is 15.0 Å². The molecule has 1 aromatic rings. The molecule has 1 aliphatic carbocycles. The molecule has 1 aromatic carbocycles. The molecular weight excluding hydrogens is 230 g/mol. The van der Waals surface area contributed by atoms with Gasteiger partial charge >= 0.3 is 0 Å².